The van der Waals surface area contributed by atoms with E-state index >= 15 is 0 Å². The average molecular weight is 381 g/mol. The van der Waals surface area contributed by atoms with Gasteiger partial charge in [0.1, 0.15) is 10.7 Å². The van der Waals surface area contributed by atoms with Crippen LogP contribution in [0.15, 0.2) is 29.6 Å². The second kappa shape index (κ2) is 7.51. The van der Waals surface area contributed by atoms with Gasteiger partial charge in [-0.3, -0.25) is 9.59 Å². The van der Waals surface area contributed by atoms with E-state index in [2.05, 4.69) is 10.3 Å². The molecule has 2 N–H and O–H groups in total. The van der Waals surface area contributed by atoms with Crippen LogP contribution in [0.3, 0.4) is 0 Å². The summed E-state index contributed by atoms with van der Waals surface area (Å²) in [4.78, 5) is 28.3. The van der Waals surface area contributed by atoms with Gasteiger partial charge in [0.2, 0.25) is 0 Å². The quantitative estimate of drug-likeness (QED) is 0.832. The number of hydrogen-bond donors (Lipinski definition) is 2. The summed E-state index contributed by atoms with van der Waals surface area (Å²) in [5.74, 6) is -1.29. The van der Waals surface area contributed by atoms with Crippen molar-refractivity contribution in [2.45, 2.75) is 12.8 Å². The molecule has 3 rings (SSSR count). The van der Waals surface area contributed by atoms with Crippen LogP contribution in [0.2, 0.25) is 5.02 Å². The molecule has 0 spiro atoms. The third kappa shape index (κ3) is 4.00. The number of carbonyl (C=O) groups excluding carboxylic acids is 1. The van der Waals surface area contributed by atoms with Gasteiger partial charge < -0.3 is 15.2 Å². The van der Waals surface area contributed by atoms with Gasteiger partial charge in [-0.2, -0.15) is 0 Å². The monoisotopic (exact) mass is 380 g/mol. The molecule has 1 aromatic heterocycles. The van der Waals surface area contributed by atoms with Crippen LogP contribution in [0.25, 0.3) is 10.6 Å². The molecule has 0 radical (unpaired) electrons. The highest BCUT2D eigenvalue weighted by molar-refractivity contribution is 7.13. The number of halogens is 1. The molecule has 1 aromatic carbocycles. The van der Waals surface area contributed by atoms with Gasteiger partial charge in [0.15, 0.2) is 0 Å². The van der Waals surface area contributed by atoms with Gasteiger partial charge in [0.05, 0.1) is 5.41 Å². The van der Waals surface area contributed by atoms with Crippen LogP contribution in [-0.4, -0.2) is 41.7 Å². The van der Waals surface area contributed by atoms with Gasteiger partial charge in [-0.25, -0.2) is 4.98 Å². The molecule has 0 saturated carbocycles. The summed E-state index contributed by atoms with van der Waals surface area (Å²) in [7, 11) is 0. The predicted octanol–water partition coefficient (Wildman–Crippen LogP) is 3.07. The average Bonchev–Trinajstić information content (AvgIpc) is 3.10. The first kappa shape index (κ1) is 17.8. The van der Waals surface area contributed by atoms with Crippen molar-refractivity contribution < 1.29 is 19.4 Å². The van der Waals surface area contributed by atoms with Gasteiger partial charge >= 0.3 is 5.97 Å². The van der Waals surface area contributed by atoms with Crippen molar-refractivity contribution >= 4 is 34.8 Å². The first-order valence-electron chi connectivity index (χ1n) is 7.81. The zero-order valence-corrected chi connectivity index (χ0v) is 14.9. The fourth-order valence-electron chi connectivity index (χ4n) is 2.70. The van der Waals surface area contributed by atoms with Crippen LogP contribution in [0, 0.1) is 5.41 Å². The van der Waals surface area contributed by atoms with Crippen molar-refractivity contribution in [3.63, 3.8) is 0 Å². The normalized spacial score (nSPS) is 16.4. The van der Waals surface area contributed by atoms with E-state index in [0.29, 0.717) is 36.1 Å². The Balaban J connectivity index is 1.68. The number of carboxylic acids is 1. The molecule has 1 aliphatic rings. The van der Waals surface area contributed by atoms with E-state index in [1.165, 1.54) is 11.3 Å². The third-order valence-electron chi connectivity index (χ3n) is 4.30. The number of carbonyl (C=O) groups is 2. The van der Waals surface area contributed by atoms with Crippen LogP contribution in [-0.2, 0) is 9.53 Å². The second-order valence-corrected chi connectivity index (χ2v) is 7.22. The molecule has 1 aliphatic heterocycles. The topological polar surface area (TPSA) is 88.5 Å². The number of benzene rings is 1. The molecule has 0 bridgehead atoms. The van der Waals surface area contributed by atoms with E-state index < -0.39 is 11.4 Å². The fraction of sp³-hybridized carbons (Fsp3) is 0.353. The number of nitrogens with zero attached hydrogens (tertiary/aromatic N) is 1. The molecule has 132 valence electrons. The van der Waals surface area contributed by atoms with Crippen molar-refractivity contribution in [2.75, 3.05) is 19.8 Å². The van der Waals surface area contributed by atoms with Crippen molar-refractivity contribution in [1.29, 1.82) is 0 Å². The summed E-state index contributed by atoms with van der Waals surface area (Å²) in [5.41, 5.74) is 0.134. The molecule has 6 nitrogen and oxygen atoms in total. The van der Waals surface area contributed by atoms with Crippen molar-refractivity contribution in [2.24, 2.45) is 5.41 Å². The number of rotatable bonds is 5. The van der Waals surface area contributed by atoms with Gasteiger partial charge in [-0.1, -0.05) is 23.7 Å². The lowest BCUT2D eigenvalue weighted by molar-refractivity contribution is -0.154. The number of hydrogen-bond acceptors (Lipinski definition) is 5. The first-order chi connectivity index (χ1) is 12.0. The Hall–Kier alpha value is -1.96. The van der Waals surface area contributed by atoms with Crippen LogP contribution >= 0.6 is 22.9 Å². The van der Waals surface area contributed by atoms with Gasteiger partial charge in [-0.15, -0.1) is 11.3 Å². The molecule has 1 fully saturated rings. The Labute approximate surface area is 153 Å². The van der Waals surface area contributed by atoms with Crippen molar-refractivity contribution in [1.82, 2.24) is 10.3 Å². The number of aliphatic carboxylic acids is 1. The summed E-state index contributed by atoms with van der Waals surface area (Å²) in [6.07, 6.45) is 0.765. The molecule has 0 unspecified atom stereocenters. The highest BCUT2D eigenvalue weighted by Gasteiger charge is 2.40. The second-order valence-electron chi connectivity index (χ2n) is 5.93. The fourth-order valence-corrected chi connectivity index (χ4v) is 3.69. The van der Waals surface area contributed by atoms with Crippen molar-refractivity contribution in [3.05, 3.63) is 40.4 Å². The molecule has 0 atom stereocenters. The van der Waals surface area contributed by atoms with Crippen LogP contribution in [0.5, 0.6) is 0 Å². The summed E-state index contributed by atoms with van der Waals surface area (Å²) in [5, 5.41) is 15.2. The summed E-state index contributed by atoms with van der Waals surface area (Å²) < 4.78 is 5.23. The maximum absolute atomic E-state index is 12.3. The number of ether oxygens (including phenoxy) is 1. The molecule has 1 amide bonds. The van der Waals surface area contributed by atoms with Crippen LogP contribution < -0.4 is 5.32 Å². The standard InChI is InChI=1S/C17H17ClN2O4S/c18-12-3-1-2-11(8-12)15-20-13(9-25-15)14(21)19-10-17(16(22)23)4-6-24-7-5-17/h1-3,8-9H,4-7,10H2,(H,19,21)(H,22,23). The number of amides is 1. The van der Waals surface area contributed by atoms with E-state index in [1.807, 2.05) is 12.1 Å². The van der Waals surface area contributed by atoms with Gasteiger partial charge in [-0.05, 0) is 25.0 Å². The maximum Gasteiger partial charge on any atom is 0.311 e. The van der Waals surface area contributed by atoms with E-state index in [-0.39, 0.29) is 18.1 Å². The van der Waals surface area contributed by atoms with Gasteiger partial charge in [0.25, 0.3) is 5.91 Å². The third-order valence-corrected chi connectivity index (χ3v) is 5.43. The molecule has 2 aromatic rings. The summed E-state index contributed by atoms with van der Waals surface area (Å²) in [6, 6.07) is 7.24. The number of carboxylic acid groups (broad SMARTS) is 1. The molecule has 2 heterocycles. The Morgan fingerprint density at radius 3 is 2.80 bits per heavy atom. The summed E-state index contributed by atoms with van der Waals surface area (Å²) in [6.45, 7) is 0.837. The maximum atomic E-state index is 12.3. The Kier molecular flexibility index (Phi) is 5.36. The Bertz CT molecular complexity index is 786. The largest absolute Gasteiger partial charge is 0.481 e. The van der Waals surface area contributed by atoms with Crippen molar-refractivity contribution in [3.8, 4) is 10.6 Å². The minimum atomic E-state index is -0.973. The Morgan fingerprint density at radius 2 is 2.12 bits per heavy atom. The lowest BCUT2D eigenvalue weighted by Gasteiger charge is -2.32. The molecular formula is C17H17ClN2O4S. The predicted molar refractivity (Wildman–Crippen MR) is 95.0 cm³/mol. The minimum absolute atomic E-state index is 0.0640. The number of nitrogens with one attached hydrogen (secondary N) is 1. The Morgan fingerprint density at radius 1 is 1.36 bits per heavy atom. The van der Waals surface area contributed by atoms with E-state index in [9.17, 15) is 14.7 Å². The zero-order valence-electron chi connectivity index (χ0n) is 13.3. The first-order valence-corrected chi connectivity index (χ1v) is 9.07. The molecule has 25 heavy (non-hydrogen) atoms. The van der Waals surface area contributed by atoms with Gasteiger partial charge in [0, 0.05) is 35.7 Å². The molecular weight excluding hydrogens is 364 g/mol. The van der Waals surface area contributed by atoms with E-state index in [0.717, 1.165) is 5.56 Å². The molecule has 1 saturated heterocycles. The smallest absolute Gasteiger partial charge is 0.311 e. The zero-order chi connectivity index (χ0) is 17.9. The molecule has 8 heteroatoms. The lowest BCUT2D eigenvalue weighted by Crippen LogP contribution is -2.46. The van der Waals surface area contributed by atoms with E-state index in [4.69, 9.17) is 16.3 Å². The highest BCUT2D eigenvalue weighted by Crippen LogP contribution is 2.30. The van der Waals surface area contributed by atoms with E-state index in [1.54, 1.807) is 17.5 Å². The highest BCUT2D eigenvalue weighted by atomic mass is 35.5. The van der Waals surface area contributed by atoms with Crippen LogP contribution in [0.4, 0.5) is 0 Å². The SMILES string of the molecule is O=C(NCC1(C(=O)O)CCOCC1)c1csc(-c2cccc(Cl)c2)n1. The van der Waals surface area contributed by atoms with Crippen LogP contribution in [0.1, 0.15) is 23.3 Å². The number of thiazole rings is 1. The minimum Gasteiger partial charge on any atom is -0.481 e. The summed E-state index contributed by atoms with van der Waals surface area (Å²) >= 11 is 7.32. The molecule has 0 aliphatic carbocycles. The number of aromatic nitrogens is 1. The lowest BCUT2D eigenvalue weighted by atomic mass is 9.80.